The van der Waals surface area contributed by atoms with Crippen molar-refractivity contribution < 1.29 is 79.2 Å². The first-order valence-electron chi connectivity index (χ1n) is 7.42. The van der Waals surface area contributed by atoms with Crippen molar-refractivity contribution >= 4 is 77.3 Å². The molecule has 17 heteroatoms. The van der Waals surface area contributed by atoms with Gasteiger partial charge in [0.05, 0.1) is 0 Å². The van der Waals surface area contributed by atoms with E-state index in [0.29, 0.717) is 0 Å². The maximum Gasteiger partial charge on any atom is 0.300 e. The molecule has 0 unspecified atom stereocenters. The van der Waals surface area contributed by atoms with Gasteiger partial charge in [0.25, 0.3) is 47.8 Å². The topological polar surface area (TPSA) is 298 Å². The fourth-order valence-corrected chi connectivity index (χ4v) is 0. The Morgan fingerprint density at radius 3 is 0.273 bits per heavy atom. The van der Waals surface area contributed by atoms with E-state index in [-0.39, 0.29) is 29.6 Å². The van der Waals surface area contributed by atoms with Crippen LogP contribution in [0.2, 0.25) is 0 Å². The summed E-state index contributed by atoms with van der Waals surface area (Å²) in [7, 11) is 0. The molecule has 0 aliphatic heterocycles. The predicted molar refractivity (Wildman–Crippen MR) is 112 cm³/mol. The van der Waals surface area contributed by atoms with Crippen molar-refractivity contribution in [2.75, 3.05) is 0 Å². The summed E-state index contributed by atoms with van der Waals surface area (Å²) < 4.78 is 0. The van der Waals surface area contributed by atoms with Gasteiger partial charge in [-0.3, -0.25) is 38.4 Å². The van der Waals surface area contributed by atoms with E-state index in [0.717, 1.165) is 55.4 Å². The van der Waals surface area contributed by atoms with Crippen LogP contribution < -0.4 is 0 Å². The minimum Gasteiger partial charge on any atom is -0.481 e. The van der Waals surface area contributed by atoms with Crippen molar-refractivity contribution in [3.63, 3.8) is 0 Å². The fraction of sp³-hybridized carbons (Fsp3) is 0.500. The minimum absolute atomic E-state index is 0. The van der Waals surface area contributed by atoms with Crippen molar-refractivity contribution in [3.8, 4) is 0 Å². The third kappa shape index (κ3) is 1960. The maximum absolute atomic E-state index is 9.00. The Labute approximate surface area is 211 Å². The number of aliphatic carboxylic acids is 8. The summed E-state index contributed by atoms with van der Waals surface area (Å²) in [5.74, 6) is -6.67. The molecule has 0 aliphatic carbocycles. The molecule has 0 heterocycles. The van der Waals surface area contributed by atoms with E-state index in [1.807, 2.05) is 0 Å². The average Bonchev–Trinajstić information content (AvgIpc) is 2.30. The molecule has 0 bridgehead atoms. The standard InChI is InChI=1S/8C2H4O2.Na/c8*1-2(3)4;/h8*1H3,(H,3,4);. The van der Waals surface area contributed by atoms with Gasteiger partial charge in [-0.15, -0.1) is 0 Å². The fourth-order valence-electron chi connectivity index (χ4n) is 0. The van der Waals surface area contributed by atoms with E-state index in [2.05, 4.69) is 0 Å². The largest absolute Gasteiger partial charge is 0.481 e. The van der Waals surface area contributed by atoms with Crippen molar-refractivity contribution in [3.05, 3.63) is 0 Å². The van der Waals surface area contributed by atoms with Crippen LogP contribution in [-0.4, -0.2) is 118 Å². The molecule has 0 atom stereocenters. The van der Waals surface area contributed by atoms with Crippen molar-refractivity contribution in [2.24, 2.45) is 0 Å². The number of rotatable bonds is 0. The SMILES string of the molecule is CC(=O)O.CC(=O)O.CC(=O)O.CC(=O)O.CC(=O)O.CC(=O)O.CC(=O)O.CC(=O)O.[Na]. The van der Waals surface area contributed by atoms with E-state index in [1.165, 1.54) is 0 Å². The molecule has 0 saturated heterocycles. The first kappa shape index (κ1) is 57.1. The summed E-state index contributed by atoms with van der Waals surface area (Å²) in [5.41, 5.74) is 0. The van der Waals surface area contributed by atoms with Gasteiger partial charge >= 0.3 is 0 Å². The normalized spacial score (nSPS) is 6.06. The van der Waals surface area contributed by atoms with Crippen LogP contribution in [0.15, 0.2) is 0 Å². The second kappa shape index (κ2) is 51.4. The van der Waals surface area contributed by atoms with Crippen LogP contribution in [0.5, 0.6) is 0 Å². The molecule has 33 heavy (non-hydrogen) atoms. The zero-order valence-corrected chi connectivity index (χ0v) is 21.8. The van der Waals surface area contributed by atoms with E-state index in [4.69, 9.17) is 79.2 Å². The predicted octanol–water partition coefficient (Wildman–Crippen LogP) is 0.346. The number of hydrogen-bond acceptors (Lipinski definition) is 8. The molecule has 0 spiro atoms. The maximum atomic E-state index is 9.00. The molecule has 193 valence electrons. The number of hydrogen-bond donors (Lipinski definition) is 8. The van der Waals surface area contributed by atoms with Gasteiger partial charge in [-0.1, -0.05) is 0 Å². The Bertz CT molecular complexity index is 367. The Balaban J connectivity index is -0.0000000284. The molecular weight excluding hydrogens is 471 g/mol. The molecule has 0 rings (SSSR count). The summed E-state index contributed by atoms with van der Waals surface area (Å²) >= 11 is 0. The molecule has 0 aliphatic rings. The van der Waals surface area contributed by atoms with Crippen LogP contribution in [0.4, 0.5) is 0 Å². The molecular formula is C16H32NaO16. The van der Waals surface area contributed by atoms with Crippen LogP contribution in [0.25, 0.3) is 0 Å². The van der Waals surface area contributed by atoms with E-state index in [9.17, 15) is 0 Å². The van der Waals surface area contributed by atoms with E-state index in [1.54, 1.807) is 0 Å². The molecule has 8 N–H and O–H groups in total. The Kier molecular flexibility index (Phi) is 89.0. The van der Waals surface area contributed by atoms with Gasteiger partial charge in [0.1, 0.15) is 0 Å². The first-order chi connectivity index (χ1) is 13.9. The minimum atomic E-state index is -0.833. The van der Waals surface area contributed by atoms with Gasteiger partial charge in [0, 0.05) is 84.9 Å². The molecule has 1 radical (unpaired) electrons. The summed E-state index contributed by atoms with van der Waals surface area (Å²) in [6.07, 6.45) is 0. The second-order valence-electron chi connectivity index (χ2n) is 4.15. The quantitative estimate of drug-likeness (QED) is 0.207. The van der Waals surface area contributed by atoms with Crippen LogP contribution in [-0.2, 0) is 38.4 Å². The smallest absolute Gasteiger partial charge is 0.300 e. The van der Waals surface area contributed by atoms with Crippen molar-refractivity contribution in [1.29, 1.82) is 0 Å². The monoisotopic (exact) mass is 503 g/mol. The summed E-state index contributed by atoms with van der Waals surface area (Å²) in [4.78, 5) is 72.0. The number of carboxylic acids is 8. The van der Waals surface area contributed by atoms with E-state index < -0.39 is 47.8 Å². The van der Waals surface area contributed by atoms with Crippen molar-refractivity contribution in [2.45, 2.75) is 55.4 Å². The van der Waals surface area contributed by atoms with Crippen LogP contribution in [0, 0.1) is 0 Å². The molecule has 0 aromatic rings. The van der Waals surface area contributed by atoms with Crippen LogP contribution in [0.1, 0.15) is 55.4 Å². The van der Waals surface area contributed by atoms with Crippen molar-refractivity contribution in [1.82, 2.24) is 0 Å². The Morgan fingerprint density at radius 1 is 0.273 bits per heavy atom. The van der Waals surface area contributed by atoms with Gasteiger partial charge < -0.3 is 40.9 Å². The zero-order chi connectivity index (χ0) is 28.6. The molecule has 0 saturated carbocycles. The van der Waals surface area contributed by atoms with Gasteiger partial charge in [0.15, 0.2) is 0 Å². The zero-order valence-electron chi connectivity index (χ0n) is 19.8. The Hall–Kier alpha value is -3.24. The first-order valence-corrected chi connectivity index (χ1v) is 7.42. The molecule has 0 aromatic heterocycles. The molecule has 0 aromatic carbocycles. The van der Waals surface area contributed by atoms with Gasteiger partial charge in [0.2, 0.25) is 0 Å². The molecule has 0 fully saturated rings. The van der Waals surface area contributed by atoms with Crippen LogP contribution >= 0.6 is 0 Å². The summed E-state index contributed by atoms with van der Waals surface area (Å²) in [5, 5.41) is 59.3. The van der Waals surface area contributed by atoms with Gasteiger partial charge in [-0.25, -0.2) is 0 Å². The molecule has 16 nitrogen and oxygen atoms in total. The molecule has 0 amide bonds. The summed E-state index contributed by atoms with van der Waals surface area (Å²) in [6, 6.07) is 0. The summed E-state index contributed by atoms with van der Waals surface area (Å²) in [6.45, 7) is 8.67. The van der Waals surface area contributed by atoms with Gasteiger partial charge in [-0.2, -0.15) is 0 Å². The number of carboxylic acid groups (broad SMARTS) is 8. The second-order valence-corrected chi connectivity index (χ2v) is 4.15. The Morgan fingerprint density at radius 2 is 0.273 bits per heavy atom. The van der Waals surface area contributed by atoms with E-state index >= 15 is 0 Å². The third-order valence-electron chi connectivity index (χ3n) is 0. The van der Waals surface area contributed by atoms with Crippen LogP contribution in [0.3, 0.4) is 0 Å². The van der Waals surface area contributed by atoms with Gasteiger partial charge in [-0.05, 0) is 0 Å². The number of carbonyl (C=O) groups is 8. The third-order valence-corrected chi connectivity index (χ3v) is 0. The average molecular weight is 503 g/mol.